The number of fused-ring (bicyclic) bond motifs is 1. The molecule has 2 unspecified atom stereocenters. The third-order valence-electron chi connectivity index (χ3n) is 3.93. The van der Waals surface area contributed by atoms with Crippen LogP contribution in [-0.2, 0) is 11.3 Å². The number of halogens is 3. The van der Waals surface area contributed by atoms with Crippen molar-refractivity contribution in [2.45, 2.75) is 23.2 Å². The first-order valence-corrected chi connectivity index (χ1v) is 10.2. The van der Waals surface area contributed by atoms with Crippen molar-refractivity contribution in [1.82, 2.24) is 0 Å². The van der Waals surface area contributed by atoms with Crippen molar-refractivity contribution in [3.8, 4) is 11.5 Å². The summed E-state index contributed by atoms with van der Waals surface area (Å²) in [4.78, 5) is 11.9. The molecular formula is C18H15Br3O4. The van der Waals surface area contributed by atoms with Crippen LogP contribution in [0.1, 0.15) is 31.9 Å². The van der Waals surface area contributed by atoms with Crippen molar-refractivity contribution in [2.24, 2.45) is 0 Å². The molecule has 132 valence electrons. The van der Waals surface area contributed by atoms with Gasteiger partial charge in [-0.3, -0.25) is 4.79 Å². The van der Waals surface area contributed by atoms with Gasteiger partial charge in [0.15, 0.2) is 12.6 Å². The van der Waals surface area contributed by atoms with Crippen LogP contribution in [0.5, 0.6) is 11.5 Å². The third kappa shape index (κ3) is 3.94. The number of aromatic hydroxyl groups is 1. The summed E-state index contributed by atoms with van der Waals surface area (Å²) < 4.78 is 11.9. The largest absolute Gasteiger partial charge is 0.507 e. The number of phenolic OH excluding ortho intramolecular Hbond substituents is 1. The lowest BCUT2D eigenvalue weighted by Crippen LogP contribution is -2.21. The second-order valence-electron chi connectivity index (χ2n) is 5.78. The maximum absolute atomic E-state index is 12.8. The van der Waals surface area contributed by atoms with Crippen LogP contribution in [0.2, 0.25) is 0 Å². The number of ether oxygens (including phenoxy) is 2. The van der Waals surface area contributed by atoms with Gasteiger partial charge in [-0.2, -0.15) is 0 Å². The maximum Gasteiger partial charge on any atom is 0.189 e. The summed E-state index contributed by atoms with van der Waals surface area (Å²) in [7, 11) is 0. The van der Waals surface area contributed by atoms with E-state index in [1.165, 1.54) is 0 Å². The highest BCUT2D eigenvalue weighted by Crippen LogP contribution is 2.43. The molecular weight excluding hydrogens is 520 g/mol. The van der Waals surface area contributed by atoms with Crippen molar-refractivity contribution in [1.29, 1.82) is 0 Å². The molecule has 4 nitrogen and oxygen atoms in total. The molecule has 1 N–H and O–H groups in total. The van der Waals surface area contributed by atoms with Crippen molar-refractivity contribution < 1.29 is 19.4 Å². The molecule has 1 aliphatic rings. The van der Waals surface area contributed by atoms with E-state index in [0.29, 0.717) is 6.61 Å². The Morgan fingerprint density at radius 1 is 1.24 bits per heavy atom. The maximum atomic E-state index is 12.8. The number of ketones is 1. The Morgan fingerprint density at radius 2 is 2.00 bits per heavy atom. The molecule has 0 spiro atoms. The molecule has 2 aromatic carbocycles. The number of hydrogen-bond donors (Lipinski definition) is 1. The fourth-order valence-corrected chi connectivity index (χ4v) is 4.34. The number of phenols is 1. The fourth-order valence-electron chi connectivity index (χ4n) is 2.70. The average Bonchev–Trinajstić information content (AvgIpc) is 2.59. The molecule has 1 heterocycles. The van der Waals surface area contributed by atoms with Crippen LogP contribution in [0.3, 0.4) is 0 Å². The van der Waals surface area contributed by atoms with Crippen LogP contribution < -0.4 is 4.74 Å². The molecule has 0 aliphatic carbocycles. The van der Waals surface area contributed by atoms with Crippen molar-refractivity contribution in [2.75, 3.05) is 6.79 Å². The van der Waals surface area contributed by atoms with E-state index in [-0.39, 0.29) is 28.7 Å². The predicted octanol–water partition coefficient (Wildman–Crippen LogP) is 5.41. The van der Waals surface area contributed by atoms with E-state index >= 15 is 0 Å². The molecule has 0 fully saturated rings. The number of rotatable bonds is 4. The minimum Gasteiger partial charge on any atom is -0.507 e. The monoisotopic (exact) mass is 532 g/mol. The minimum atomic E-state index is -0.578. The van der Waals surface area contributed by atoms with E-state index in [1.807, 2.05) is 19.1 Å². The highest BCUT2D eigenvalue weighted by molar-refractivity contribution is 9.12. The fraction of sp³-hybridized carbons (Fsp3) is 0.278. The average molecular weight is 535 g/mol. The lowest BCUT2D eigenvalue weighted by atomic mass is 9.98. The van der Waals surface area contributed by atoms with Crippen LogP contribution in [0.25, 0.3) is 0 Å². The summed E-state index contributed by atoms with van der Waals surface area (Å²) in [6.07, 6.45) is 0. The third-order valence-corrected chi connectivity index (χ3v) is 7.06. The van der Waals surface area contributed by atoms with Gasteiger partial charge in [-0.15, -0.1) is 0 Å². The lowest BCUT2D eigenvalue weighted by Gasteiger charge is -2.25. The number of alkyl halides is 2. The first-order chi connectivity index (χ1) is 11.9. The molecule has 1 aliphatic heterocycles. The van der Waals surface area contributed by atoms with Crippen LogP contribution in [-0.4, -0.2) is 22.5 Å². The molecule has 0 bridgehead atoms. The van der Waals surface area contributed by atoms with Gasteiger partial charge >= 0.3 is 0 Å². The zero-order valence-corrected chi connectivity index (χ0v) is 18.0. The zero-order valence-electron chi connectivity index (χ0n) is 13.3. The molecule has 0 saturated carbocycles. The standard InChI is InChI=1S/C18H15Br3O4/c1-9-2-3-12(14(22)4-9)17(23)16(21)15(20)13-6-11(19)5-10-7-24-8-25-18(10)13/h2-6,15-16,22H,7-8H2,1H3. The van der Waals surface area contributed by atoms with E-state index in [0.717, 1.165) is 26.9 Å². The number of Topliss-reactive ketones (excluding diaryl/α,β-unsaturated/α-hetero) is 1. The van der Waals surface area contributed by atoms with Crippen LogP contribution in [0.15, 0.2) is 34.8 Å². The highest BCUT2D eigenvalue weighted by Gasteiger charge is 2.31. The van der Waals surface area contributed by atoms with Gasteiger partial charge in [-0.05, 0) is 36.8 Å². The van der Waals surface area contributed by atoms with Crippen molar-refractivity contribution in [3.63, 3.8) is 0 Å². The predicted molar refractivity (Wildman–Crippen MR) is 106 cm³/mol. The SMILES string of the molecule is Cc1ccc(C(=O)C(Br)C(Br)c2cc(Br)cc3c2OCOC3)c(O)c1. The van der Waals surface area contributed by atoms with E-state index in [4.69, 9.17) is 9.47 Å². The summed E-state index contributed by atoms with van der Waals surface area (Å²) in [5, 5.41) is 10.1. The van der Waals surface area contributed by atoms with Gasteiger partial charge in [0, 0.05) is 15.6 Å². The van der Waals surface area contributed by atoms with Crippen LogP contribution >= 0.6 is 47.8 Å². The molecule has 0 saturated heterocycles. The number of carbonyl (C=O) groups is 1. The molecule has 0 amide bonds. The molecule has 2 atom stereocenters. The van der Waals surface area contributed by atoms with E-state index in [9.17, 15) is 9.90 Å². The Kier molecular flexibility index (Phi) is 5.88. The summed E-state index contributed by atoms with van der Waals surface area (Å²) >= 11 is 10.6. The Labute approximate surface area is 170 Å². The normalized spacial score (nSPS) is 15.8. The number of hydrogen-bond acceptors (Lipinski definition) is 4. The van der Waals surface area contributed by atoms with Gasteiger partial charge in [-0.1, -0.05) is 53.9 Å². The van der Waals surface area contributed by atoms with E-state index in [1.54, 1.807) is 18.2 Å². The van der Waals surface area contributed by atoms with Gasteiger partial charge in [0.1, 0.15) is 11.5 Å². The summed E-state index contributed by atoms with van der Waals surface area (Å²) in [5.41, 5.74) is 2.94. The number of benzene rings is 2. The molecule has 3 rings (SSSR count). The van der Waals surface area contributed by atoms with Crippen molar-refractivity contribution >= 4 is 53.6 Å². The summed E-state index contributed by atoms with van der Waals surface area (Å²) in [6.45, 7) is 2.50. The Balaban J connectivity index is 1.94. The van der Waals surface area contributed by atoms with Crippen LogP contribution in [0.4, 0.5) is 0 Å². The first kappa shape index (κ1) is 18.9. The molecule has 25 heavy (non-hydrogen) atoms. The topological polar surface area (TPSA) is 55.8 Å². The second-order valence-corrected chi connectivity index (χ2v) is 8.67. The lowest BCUT2D eigenvalue weighted by molar-refractivity contribution is -0.0170. The number of aryl methyl sites for hydroxylation is 1. The Morgan fingerprint density at radius 3 is 2.72 bits per heavy atom. The summed E-state index contributed by atoms with van der Waals surface area (Å²) in [5.74, 6) is 0.497. The zero-order chi connectivity index (χ0) is 18.1. The quantitative estimate of drug-likeness (QED) is 0.421. The Hall–Kier alpha value is -0.890. The molecule has 2 aromatic rings. The van der Waals surface area contributed by atoms with Gasteiger partial charge in [0.25, 0.3) is 0 Å². The highest BCUT2D eigenvalue weighted by atomic mass is 79.9. The smallest absolute Gasteiger partial charge is 0.189 e. The number of carbonyl (C=O) groups excluding carboxylic acids is 1. The second kappa shape index (κ2) is 7.78. The van der Waals surface area contributed by atoms with Crippen molar-refractivity contribution in [3.05, 3.63) is 57.1 Å². The van der Waals surface area contributed by atoms with Gasteiger partial charge in [-0.25, -0.2) is 0 Å². The van der Waals surface area contributed by atoms with Gasteiger partial charge < -0.3 is 14.6 Å². The van der Waals surface area contributed by atoms with Gasteiger partial charge in [0.2, 0.25) is 0 Å². The molecule has 0 radical (unpaired) electrons. The Bertz CT molecular complexity index is 822. The van der Waals surface area contributed by atoms with Gasteiger partial charge in [0.05, 0.1) is 21.8 Å². The summed E-state index contributed by atoms with van der Waals surface area (Å²) in [6, 6.07) is 8.88. The molecule has 7 heteroatoms. The van der Waals surface area contributed by atoms with E-state index in [2.05, 4.69) is 47.8 Å². The van der Waals surface area contributed by atoms with Crippen LogP contribution in [0, 0.1) is 6.92 Å². The minimum absolute atomic E-state index is 0.0185. The first-order valence-electron chi connectivity index (χ1n) is 7.53. The molecule has 0 aromatic heterocycles. The van der Waals surface area contributed by atoms with E-state index < -0.39 is 4.83 Å².